The van der Waals surface area contributed by atoms with Gasteiger partial charge in [-0.15, -0.1) is 11.5 Å². The van der Waals surface area contributed by atoms with E-state index in [9.17, 15) is 0 Å². The van der Waals surface area contributed by atoms with Gasteiger partial charge in [0.15, 0.2) is 0 Å². The van der Waals surface area contributed by atoms with Crippen LogP contribution in [-0.4, -0.2) is 27.8 Å². The van der Waals surface area contributed by atoms with E-state index in [1.54, 1.807) is 15.7 Å². The molecule has 1 radical (unpaired) electrons. The molecule has 0 aliphatic rings. The number of thiophene rings is 1. The van der Waals surface area contributed by atoms with Crippen molar-refractivity contribution in [1.82, 2.24) is 14.5 Å². The molecule has 8 rings (SSSR count). The number of aryl methyl sites for hydroxylation is 1. The third-order valence-electron chi connectivity index (χ3n) is 10.6. The maximum Gasteiger partial charge on any atom is 0.0774 e. The van der Waals surface area contributed by atoms with Gasteiger partial charge in [0.1, 0.15) is 0 Å². The van der Waals surface area contributed by atoms with Crippen molar-refractivity contribution < 1.29 is 20.1 Å². The molecule has 0 amide bonds. The monoisotopic (exact) mass is 1020 g/mol. The minimum Gasteiger partial charge on any atom is -0.333 e. The molecular formula is C52H55GeIrN3S-2. The smallest absolute Gasteiger partial charge is 0.0774 e. The standard InChI is InChI=1S/C34H31N2S.C18H24GeN.Ir/c1-21(2)27-18-25(24-11-7-6-8-12-24)19-28(22(3)4)33(27)36-31-14-10-9-13-30(31)35-34(36)29-20-37-32-17-23(5)15-16-26(29)32;1-14(2)11-16-12-18(15-9-7-6-8-10-15)20-13-17(16)19(3,4)5;/h6-19,21-22H,1-5H3;6-9,12-14H,11H2,1-5H3;/q2*-1;. The predicted molar refractivity (Wildman–Crippen MR) is 249 cm³/mol. The molecule has 0 N–H and O–H groups in total. The quantitative estimate of drug-likeness (QED) is 0.107. The number of hydrogen-bond acceptors (Lipinski definition) is 3. The average molecular weight is 1020 g/mol. The number of para-hydroxylation sites is 2. The van der Waals surface area contributed by atoms with Crippen LogP contribution >= 0.6 is 11.3 Å². The van der Waals surface area contributed by atoms with Gasteiger partial charge in [0.05, 0.1) is 16.9 Å². The van der Waals surface area contributed by atoms with Crippen LogP contribution in [0.15, 0.2) is 121 Å². The molecule has 0 spiro atoms. The van der Waals surface area contributed by atoms with Crippen molar-refractivity contribution in [3.63, 3.8) is 0 Å². The maximum atomic E-state index is 5.22. The molecule has 6 heteroatoms. The molecule has 0 saturated heterocycles. The largest absolute Gasteiger partial charge is 0.333 e. The van der Waals surface area contributed by atoms with E-state index in [0.717, 1.165) is 40.1 Å². The van der Waals surface area contributed by atoms with Crippen molar-refractivity contribution >= 4 is 50.1 Å². The SMILES string of the molecule is CC(C)Cc1cc(-c2[c-]cccc2)nc[c]1[Ge]([CH3])([CH3])[CH3].Cc1ccc2c(-c3nc4ccccc4n3-c3c(C(C)C)cc(-c4ccccc4)cc3C(C)C)[c-]sc2c1.[Ir]. The molecule has 299 valence electrons. The second-order valence-electron chi connectivity index (χ2n) is 17.4. The Labute approximate surface area is 366 Å². The summed E-state index contributed by atoms with van der Waals surface area (Å²) in [5, 5.41) is 4.83. The number of benzene rings is 5. The van der Waals surface area contributed by atoms with Crippen LogP contribution in [0.1, 0.15) is 75.6 Å². The first-order valence-electron chi connectivity index (χ1n) is 20.4. The van der Waals surface area contributed by atoms with Crippen LogP contribution in [0.2, 0.25) is 17.3 Å². The van der Waals surface area contributed by atoms with Gasteiger partial charge in [-0.25, -0.2) is 0 Å². The van der Waals surface area contributed by atoms with E-state index in [2.05, 4.69) is 185 Å². The first kappa shape index (κ1) is 43.5. The van der Waals surface area contributed by atoms with E-state index >= 15 is 0 Å². The van der Waals surface area contributed by atoms with E-state index in [0.29, 0.717) is 17.8 Å². The first-order chi connectivity index (χ1) is 27.3. The van der Waals surface area contributed by atoms with Gasteiger partial charge in [-0.1, -0.05) is 103 Å². The molecule has 0 aliphatic carbocycles. The number of imidazole rings is 1. The summed E-state index contributed by atoms with van der Waals surface area (Å²) in [5.41, 5.74) is 14.6. The molecule has 0 atom stereocenters. The normalized spacial score (nSPS) is 11.7. The Morgan fingerprint density at radius 1 is 0.741 bits per heavy atom. The second-order valence-corrected chi connectivity index (χ2v) is 28.8. The third-order valence-corrected chi connectivity index (χ3v) is 15.8. The summed E-state index contributed by atoms with van der Waals surface area (Å²) in [7, 11) is 0. The van der Waals surface area contributed by atoms with Crippen LogP contribution in [0, 0.1) is 24.3 Å². The minimum absolute atomic E-state index is 0. The fourth-order valence-corrected chi connectivity index (χ4v) is 12.0. The molecule has 3 nitrogen and oxygen atoms in total. The Kier molecular flexibility index (Phi) is 13.8. The topological polar surface area (TPSA) is 30.7 Å². The van der Waals surface area contributed by atoms with Crippen LogP contribution in [-0.2, 0) is 26.5 Å². The first-order valence-corrected chi connectivity index (χ1v) is 28.5. The molecule has 3 heterocycles. The molecule has 0 bridgehead atoms. The molecule has 0 saturated carbocycles. The second kappa shape index (κ2) is 18.4. The Morgan fingerprint density at radius 2 is 1.41 bits per heavy atom. The number of fused-ring (bicyclic) bond motifs is 2. The number of hydrogen-bond donors (Lipinski definition) is 0. The summed E-state index contributed by atoms with van der Waals surface area (Å²) < 4.78 is 5.20. The Morgan fingerprint density at radius 3 is 2.05 bits per heavy atom. The summed E-state index contributed by atoms with van der Waals surface area (Å²) >= 11 is -0.179. The molecule has 8 aromatic rings. The fraction of sp³-hybridized carbons (Fsp3) is 0.269. The van der Waals surface area contributed by atoms with E-state index in [-0.39, 0.29) is 20.1 Å². The Bertz CT molecular complexity index is 2600. The molecule has 0 aliphatic heterocycles. The van der Waals surface area contributed by atoms with Gasteiger partial charge in [0.25, 0.3) is 0 Å². The minimum atomic E-state index is -1.86. The molecule has 5 aromatic carbocycles. The molecule has 0 fully saturated rings. The van der Waals surface area contributed by atoms with Gasteiger partial charge < -0.3 is 4.57 Å². The summed E-state index contributed by atoms with van der Waals surface area (Å²) in [6, 6.07) is 44.3. The zero-order valence-corrected chi connectivity index (χ0v) is 40.9. The van der Waals surface area contributed by atoms with Crippen molar-refractivity contribution in [3.8, 4) is 39.5 Å². The zero-order chi connectivity index (χ0) is 40.4. The third kappa shape index (κ3) is 9.34. The van der Waals surface area contributed by atoms with Crippen LogP contribution < -0.4 is 4.40 Å². The van der Waals surface area contributed by atoms with Crippen LogP contribution in [0.25, 0.3) is 60.6 Å². The molecule has 0 unspecified atom stereocenters. The summed E-state index contributed by atoms with van der Waals surface area (Å²) in [6.07, 6.45) is 3.27. The van der Waals surface area contributed by atoms with Crippen LogP contribution in [0.4, 0.5) is 0 Å². The Hall–Kier alpha value is -4.13. The molecular weight excluding hydrogens is 963 g/mol. The summed E-state index contributed by atoms with van der Waals surface area (Å²) in [6.45, 7) is 15.9. The zero-order valence-electron chi connectivity index (χ0n) is 35.6. The summed E-state index contributed by atoms with van der Waals surface area (Å²) in [4.78, 5) is 9.92. The van der Waals surface area contributed by atoms with E-state index in [1.807, 2.05) is 18.2 Å². The summed E-state index contributed by atoms with van der Waals surface area (Å²) in [5.74, 6) is 9.65. The van der Waals surface area contributed by atoms with Crippen molar-refractivity contribution in [2.45, 2.75) is 84.0 Å². The number of aromatic nitrogens is 3. The average Bonchev–Trinajstić information content (AvgIpc) is 3.78. The number of rotatable bonds is 9. The van der Waals surface area contributed by atoms with Gasteiger partial charge in [-0.05, 0) is 65.3 Å². The van der Waals surface area contributed by atoms with Crippen LogP contribution in [0.3, 0.4) is 0 Å². The van der Waals surface area contributed by atoms with Gasteiger partial charge >= 0.3 is 126 Å². The van der Waals surface area contributed by atoms with E-state index < -0.39 is 13.3 Å². The molecule has 3 aromatic heterocycles. The molecule has 58 heavy (non-hydrogen) atoms. The Balaban J connectivity index is 0.000000230. The van der Waals surface area contributed by atoms with Crippen molar-refractivity contribution in [1.29, 1.82) is 0 Å². The van der Waals surface area contributed by atoms with Crippen molar-refractivity contribution in [2.24, 2.45) is 5.92 Å². The van der Waals surface area contributed by atoms with Crippen molar-refractivity contribution in [3.05, 3.63) is 155 Å². The predicted octanol–water partition coefficient (Wildman–Crippen LogP) is 14.2. The van der Waals surface area contributed by atoms with Crippen LogP contribution in [0.5, 0.6) is 0 Å². The van der Waals surface area contributed by atoms with E-state index in [1.165, 1.54) is 49.2 Å². The van der Waals surface area contributed by atoms with E-state index in [4.69, 9.17) is 9.97 Å². The van der Waals surface area contributed by atoms with Gasteiger partial charge in [-0.3, -0.25) is 16.3 Å². The van der Waals surface area contributed by atoms with Gasteiger partial charge in [-0.2, -0.15) is 0 Å². The number of pyridine rings is 1. The van der Waals surface area contributed by atoms with Gasteiger partial charge in [0.2, 0.25) is 0 Å². The maximum absolute atomic E-state index is 5.22. The number of nitrogens with zero attached hydrogens (tertiary/aromatic N) is 3. The fourth-order valence-electron chi connectivity index (χ4n) is 7.76. The van der Waals surface area contributed by atoms with Gasteiger partial charge in [0, 0.05) is 25.8 Å². The van der Waals surface area contributed by atoms with Crippen molar-refractivity contribution in [2.75, 3.05) is 0 Å².